The molecular weight excluding hydrogens is 618 g/mol. The van der Waals surface area contributed by atoms with Crippen LogP contribution in [-0.4, -0.2) is 43.8 Å². The molecule has 1 aliphatic rings. The Morgan fingerprint density at radius 2 is 1.50 bits per heavy atom. The summed E-state index contributed by atoms with van der Waals surface area (Å²) in [6.45, 7) is 3.42. The molecule has 240 valence electrons. The van der Waals surface area contributed by atoms with Gasteiger partial charge in [0.2, 0.25) is 11.8 Å². The minimum absolute atomic E-state index is 0.0120. The Hall–Kier alpha value is -4.14. The fourth-order valence-corrected chi connectivity index (χ4v) is 7.62. The number of hydrogen-bond acceptors (Lipinski definition) is 4. The first-order valence-corrected chi connectivity index (χ1v) is 17.5. The second-order valence-corrected chi connectivity index (χ2v) is 14.3. The van der Waals surface area contributed by atoms with E-state index in [9.17, 15) is 18.0 Å². The summed E-state index contributed by atoms with van der Waals surface area (Å²) in [6.07, 6.45) is 4.18. The van der Waals surface area contributed by atoms with Crippen LogP contribution in [0, 0.1) is 13.8 Å². The zero-order valence-corrected chi connectivity index (χ0v) is 27.8. The average Bonchev–Trinajstić information content (AvgIpc) is 3.55. The maximum atomic E-state index is 14.7. The van der Waals surface area contributed by atoms with Crippen LogP contribution in [0.15, 0.2) is 108 Å². The fourth-order valence-electron chi connectivity index (χ4n) is 6.02. The molecule has 0 aliphatic heterocycles. The van der Waals surface area contributed by atoms with Gasteiger partial charge in [0.1, 0.15) is 12.6 Å². The number of nitrogens with one attached hydrogen (secondary N) is 1. The van der Waals surface area contributed by atoms with Crippen LogP contribution < -0.4 is 9.62 Å². The molecule has 1 fully saturated rings. The van der Waals surface area contributed by atoms with E-state index in [4.69, 9.17) is 11.6 Å². The van der Waals surface area contributed by atoms with Crippen LogP contribution in [0.4, 0.5) is 5.69 Å². The van der Waals surface area contributed by atoms with Gasteiger partial charge in [0.25, 0.3) is 10.0 Å². The first kappa shape index (κ1) is 33.2. The molecule has 7 nitrogen and oxygen atoms in total. The number of carbonyl (C=O) groups is 2. The summed E-state index contributed by atoms with van der Waals surface area (Å²) in [5.74, 6) is -0.718. The highest BCUT2D eigenvalue weighted by atomic mass is 35.5. The maximum Gasteiger partial charge on any atom is 0.264 e. The molecule has 46 heavy (non-hydrogen) atoms. The number of rotatable bonds is 12. The van der Waals surface area contributed by atoms with Crippen LogP contribution in [0.3, 0.4) is 0 Å². The van der Waals surface area contributed by atoms with E-state index in [-0.39, 0.29) is 29.8 Å². The van der Waals surface area contributed by atoms with Gasteiger partial charge in [0.05, 0.1) is 10.6 Å². The molecule has 9 heteroatoms. The van der Waals surface area contributed by atoms with E-state index in [0.717, 1.165) is 46.7 Å². The Morgan fingerprint density at radius 3 is 2.17 bits per heavy atom. The van der Waals surface area contributed by atoms with Crippen LogP contribution in [0.1, 0.15) is 47.9 Å². The predicted molar refractivity (Wildman–Crippen MR) is 183 cm³/mol. The summed E-state index contributed by atoms with van der Waals surface area (Å²) < 4.78 is 29.6. The topological polar surface area (TPSA) is 86.8 Å². The average molecular weight is 658 g/mol. The van der Waals surface area contributed by atoms with Gasteiger partial charge < -0.3 is 10.2 Å². The first-order chi connectivity index (χ1) is 22.1. The molecule has 5 rings (SSSR count). The SMILES string of the molecule is Cc1cccc(CN(C(=O)CN(c2ccccc2C)S(=O)(=O)c2ccc(Cl)cc2)[C@@H](Cc2ccccc2)C(=O)NC2CCCC2)c1. The molecule has 1 atom stereocenters. The van der Waals surface area contributed by atoms with Crippen molar-refractivity contribution in [3.05, 3.63) is 130 Å². The highest BCUT2D eigenvalue weighted by molar-refractivity contribution is 7.92. The third kappa shape index (κ3) is 8.17. The molecule has 1 N–H and O–H groups in total. The second-order valence-electron chi connectivity index (χ2n) is 12.0. The summed E-state index contributed by atoms with van der Waals surface area (Å²) in [4.78, 5) is 30.3. The van der Waals surface area contributed by atoms with Gasteiger partial charge in [-0.1, -0.05) is 103 Å². The van der Waals surface area contributed by atoms with Crippen LogP contribution in [0.2, 0.25) is 5.02 Å². The van der Waals surface area contributed by atoms with Crippen molar-refractivity contribution in [2.75, 3.05) is 10.8 Å². The highest BCUT2D eigenvalue weighted by Crippen LogP contribution is 2.28. The van der Waals surface area contributed by atoms with Gasteiger partial charge in [-0.25, -0.2) is 8.42 Å². The van der Waals surface area contributed by atoms with Crippen molar-refractivity contribution in [2.45, 2.75) is 69.5 Å². The fraction of sp³-hybridized carbons (Fsp3) is 0.297. The van der Waals surface area contributed by atoms with Gasteiger partial charge in [0.15, 0.2) is 0 Å². The van der Waals surface area contributed by atoms with Crippen LogP contribution >= 0.6 is 11.6 Å². The Kier molecular flexibility index (Phi) is 10.8. The van der Waals surface area contributed by atoms with Crippen LogP contribution in [0.5, 0.6) is 0 Å². The zero-order chi connectivity index (χ0) is 32.7. The second kappa shape index (κ2) is 15.0. The maximum absolute atomic E-state index is 14.7. The molecule has 4 aromatic rings. The third-order valence-electron chi connectivity index (χ3n) is 8.47. The summed E-state index contributed by atoms with van der Waals surface area (Å²) in [5, 5.41) is 3.61. The number of anilines is 1. The Bertz CT molecular complexity index is 1760. The van der Waals surface area contributed by atoms with Gasteiger partial charge in [-0.15, -0.1) is 0 Å². The Morgan fingerprint density at radius 1 is 0.848 bits per heavy atom. The lowest BCUT2D eigenvalue weighted by molar-refractivity contribution is -0.140. The summed E-state index contributed by atoms with van der Waals surface area (Å²) in [5.41, 5.74) is 3.85. The van der Waals surface area contributed by atoms with E-state index in [1.165, 1.54) is 24.3 Å². The van der Waals surface area contributed by atoms with E-state index >= 15 is 0 Å². The number of benzene rings is 4. The molecule has 4 aromatic carbocycles. The van der Waals surface area contributed by atoms with E-state index in [2.05, 4.69) is 5.32 Å². The normalized spacial score (nSPS) is 14.1. The quantitative estimate of drug-likeness (QED) is 0.181. The summed E-state index contributed by atoms with van der Waals surface area (Å²) in [7, 11) is -4.20. The molecule has 0 heterocycles. The molecule has 0 aromatic heterocycles. The summed E-state index contributed by atoms with van der Waals surface area (Å²) >= 11 is 6.08. The van der Waals surface area contributed by atoms with E-state index in [1.54, 1.807) is 17.0 Å². The van der Waals surface area contributed by atoms with Gasteiger partial charge in [-0.2, -0.15) is 0 Å². The van der Waals surface area contributed by atoms with Gasteiger partial charge >= 0.3 is 0 Å². The van der Waals surface area contributed by atoms with Gasteiger partial charge in [-0.05, 0) is 73.7 Å². The largest absolute Gasteiger partial charge is 0.352 e. The number of halogens is 1. The van der Waals surface area contributed by atoms with Gasteiger partial charge in [-0.3, -0.25) is 13.9 Å². The summed E-state index contributed by atoms with van der Waals surface area (Å²) in [6, 6.07) is 29.6. The molecule has 0 unspecified atom stereocenters. The molecule has 1 aliphatic carbocycles. The van der Waals surface area contributed by atoms with Crippen LogP contribution in [-0.2, 0) is 32.6 Å². The van der Waals surface area contributed by atoms with Crippen molar-refractivity contribution in [3.8, 4) is 0 Å². The van der Waals surface area contributed by atoms with Crippen molar-refractivity contribution in [1.82, 2.24) is 10.2 Å². The molecule has 0 saturated heterocycles. The number of aryl methyl sites for hydroxylation is 2. The van der Waals surface area contributed by atoms with E-state index in [1.807, 2.05) is 80.6 Å². The number of amides is 2. The van der Waals surface area contributed by atoms with Crippen molar-refractivity contribution >= 4 is 39.1 Å². The molecule has 1 saturated carbocycles. The molecule has 2 amide bonds. The number of carbonyl (C=O) groups excluding carboxylic acids is 2. The van der Waals surface area contributed by atoms with E-state index < -0.39 is 28.5 Å². The predicted octanol–water partition coefficient (Wildman–Crippen LogP) is 6.85. The molecule has 0 bridgehead atoms. The lowest BCUT2D eigenvalue weighted by Crippen LogP contribution is -2.54. The van der Waals surface area contributed by atoms with Crippen molar-refractivity contribution in [3.63, 3.8) is 0 Å². The van der Waals surface area contributed by atoms with E-state index in [0.29, 0.717) is 16.3 Å². The number of para-hydroxylation sites is 1. The number of sulfonamides is 1. The number of hydrogen-bond donors (Lipinski definition) is 1. The van der Waals surface area contributed by atoms with Gasteiger partial charge in [0, 0.05) is 24.0 Å². The van der Waals surface area contributed by atoms with Crippen molar-refractivity contribution in [2.24, 2.45) is 0 Å². The number of nitrogens with zero attached hydrogens (tertiary/aromatic N) is 2. The standard InChI is InChI=1S/C37H40ClN3O4S/c1-27-11-10-15-30(23-27)25-40(35(24-29-13-4-3-5-14-29)37(43)39-32-16-7-8-17-32)36(42)26-41(34-18-9-6-12-28(34)2)46(44,45)33-21-19-31(38)20-22-33/h3-6,9-15,18-23,32,35H,7-8,16-17,24-26H2,1-2H3,(H,39,43)/t35-/m0/s1. The molecule has 0 spiro atoms. The minimum atomic E-state index is -4.20. The van der Waals surface area contributed by atoms with Crippen LogP contribution in [0.25, 0.3) is 0 Å². The Balaban J connectivity index is 1.57. The lowest BCUT2D eigenvalue weighted by Gasteiger charge is -2.34. The zero-order valence-electron chi connectivity index (χ0n) is 26.2. The van der Waals surface area contributed by atoms with Crippen molar-refractivity contribution in [1.29, 1.82) is 0 Å². The van der Waals surface area contributed by atoms with Crippen molar-refractivity contribution < 1.29 is 18.0 Å². The monoisotopic (exact) mass is 657 g/mol. The molecular formula is C37H40ClN3O4S. The first-order valence-electron chi connectivity index (χ1n) is 15.6. The lowest BCUT2D eigenvalue weighted by atomic mass is 10.0. The minimum Gasteiger partial charge on any atom is -0.352 e. The molecule has 0 radical (unpaired) electrons. The third-order valence-corrected chi connectivity index (χ3v) is 10.5. The Labute approximate surface area is 277 Å². The smallest absolute Gasteiger partial charge is 0.264 e. The highest BCUT2D eigenvalue weighted by Gasteiger charge is 2.36.